The molecule has 53 heavy (non-hydrogen) atoms. The summed E-state index contributed by atoms with van der Waals surface area (Å²) < 4.78 is 13.6. The number of H-pyrrole nitrogens is 1. The molecule has 0 aliphatic rings. The summed E-state index contributed by atoms with van der Waals surface area (Å²) in [6.45, 7) is 4.23. The standard InChI is InChI=1S/C50H33NO2/c1-29-15-19-31(20-16-29)35-7-3-11-39-41-13-5-9-37(49(41)52-47(35)39)33-23-25-45-43(27-33)44-28-34(24-26-46(44)51-45)38-10-6-14-42-40-12-4-8-36(48(40)53-50(38)42)32-21-17-30(2)18-22-32/h3-28,51H,1-2H3. The zero-order valence-electron chi connectivity index (χ0n) is 29.3. The number of fused-ring (bicyclic) bond motifs is 9. The molecule has 0 radical (unpaired) electrons. The summed E-state index contributed by atoms with van der Waals surface area (Å²) in [7, 11) is 0. The molecule has 0 atom stereocenters. The van der Waals surface area contributed by atoms with Gasteiger partial charge in [-0.25, -0.2) is 0 Å². The fraction of sp³-hybridized carbons (Fsp3) is 0.0400. The number of hydrogen-bond donors (Lipinski definition) is 1. The molecule has 1 N–H and O–H groups in total. The van der Waals surface area contributed by atoms with Crippen molar-refractivity contribution in [1.82, 2.24) is 4.98 Å². The lowest BCUT2D eigenvalue weighted by Gasteiger charge is -2.05. The summed E-state index contributed by atoms with van der Waals surface area (Å²) in [4.78, 5) is 3.66. The van der Waals surface area contributed by atoms with Crippen LogP contribution in [0.1, 0.15) is 11.1 Å². The third kappa shape index (κ3) is 4.60. The molecule has 3 nitrogen and oxygen atoms in total. The van der Waals surface area contributed by atoms with E-state index in [2.05, 4.69) is 177 Å². The molecule has 11 rings (SSSR count). The number of aryl methyl sites for hydroxylation is 2. The summed E-state index contributed by atoms with van der Waals surface area (Å²) >= 11 is 0. The van der Waals surface area contributed by atoms with Crippen LogP contribution in [0.5, 0.6) is 0 Å². The lowest BCUT2D eigenvalue weighted by Crippen LogP contribution is -1.80. The second-order valence-corrected chi connectivity index (χ2v) is 14.3. The van der Waals surface area contributed by atoms with Crippen LogP contribution in [0.3, 0.4) is 0 Å². The van der Waals surface area contributed by atoms with E-state index in [0.717, 1.165) is 99.4 Å². The average Bonchev–Trinajstić information content (AvgIpc) is 3.89. The van der Waals surface area contributed by atoms with Crippen molar-refractivity contribution in [2.45, 2.75) is 13.8 Å². The van der Waals surface area contributed by atoms with Gasteiger partial charge in [-0.05, 0) is 60.4 Å². The van der Waals surface area contributed by atoms with Crippen LogP contribution in [-0.2, 0) is 0 Å². The van der Waals surface area contributed by atoms with Gasteiger partial charge >= 0.3 is 0 Å². The van der Waals surface area contributed by atoms with Gasteiger partial charge in [-0.1, -0.05) is 145 Å². The monoisotopic (exact) mass is 679 g/mol. The van der Waals surface area contributed by atoms with Crippen LogP contribution in [0, 0.1) is 13.8 Å². The number of rotatable bonds is 4. The number of hydrogen-bond acceptors (Lipinski definition) is 2. The van der Waals surface area contributed by atoms with Crippen molar-refractivity contribution in [2.24, 2.45) is 0 Å². The summed E-state index contributed by atoms with van der Waals surface area (Å²) in [5.41, 5.74) is 17.3. The molecule has 3 heterocycles. The van der Waals surface area contributed by atoms with E-state index >= 15 is 0 Å². The molecule has 11 aromatic rings. The van der Waals surface area contributed by atoms with Crippen LogP contribution in [0.4, 0.5) is 0 Å². The zero-order valence-corrected chi connectivity index (χ0v) is 29.3. The van der Waals surface area contributed by atoms with Crippen LogP contribution in [0.15, 0.2) is 167 Å². The van der Waals surface area contributed by atoms with Gasteiger partial charge in [-0.15, -0.1) is 0 Å². The molecule has 8 aromatic carbocycles. The van der Waals surface area contributed by atoms with Gasteiger partial charge in [0, 0.05) is 65.6 Å². The Labute approximate surface area is 305 Å². The van der Waals surface area contributed by atoms with Gasteiger partial charge in [0.1, 0.15) is 22.3 Å². The number of furan rings is 2. The van der Waals surface area contributed by atoms with Crippen molar-refractivity contribution < 1.29 is 8.83 Å². The fourth-order valence-electron chi connectivity index (χ4n) is 8.25. The van der Waals surface area contributed by atoms with E-state index in [0.29, 0.717) is 0 Å². The molecule has 0 amide bonds. The van der Waals surface area contributed by atoms with Gasteiger partial charge in [-0.2, -0.15) is 0 Å². The molecule has 0 saturated carbocycles. The Morgan fingerprint density at radius 3 is 1.00 bits per heavy atom. The van der Waals surface area contributed by atoms with Gasteiger partial charge in [0.25, 0.3) is 0 Å². The van der Waals surface area contributed by atoms with E-state index < -0.39 is 0 Å². The third-order valence-electron chi connectivity index (χ3n) is 11.0. The molecule has 3 heteroatoms. The normalized spacial score (nSPS) is 12.0. The first-order chi connectivity index (χ1) is 26.1. The minimum Gasteiger partial charge on any atom is -0.455 e. The molecule has 0 aliphatic heterocycles. The molecule has 0 aliphatic carbocycles. The maximum atomic E-state index is 6.80. The van der Waals surface area contributed by atoms with E-state index in [-0.39, 0.29) is 0 Å². The minimum absolute atomic E-state index is 0.906. The second-order valence-electron chi connectivity index (χ2n) is 14.3. The van der Waals surface area contributed by atoms with Crippen LogP contribution in [0.25, 0.3) is 110 Å². The molecule has 0 fully saturated rings. The summed E-state index contributed by atoms with van der Waals surface area (Å²) in [5.74, 6) is 0. The van der Waals surface area contributed by atoms with Crippen LogP contribution in [0.2, 0.25) is 0 Å². The first-order valence-electron chi connectivity index (χ1n) is 18.2. The quantitative estimate of drug-likeness (QED) is 0.201. The van der Waals surface area contributed by atoms with Gasteiger partial charge in [0.05, 0.1) is 0 Å². The van der Waals surface area contributed by atoms with Crippen molar-refractivity contribution >= 4 is 65.7 Å². The van der Waals surface area contributed by atoms with E-state index in [9.17, 15) is 0 Å². The fourth-order valence-corrected chi connectivity index (χ4v) is 8.25. The van der Waals surface area contributed by atoms with Crippen LogP contribution < -0.4 is 0 Å². The minimum atomic E-state index is 0.906. The Morgan fingerprint density at radius 1 is 0.321 bits per heavy atom. The van der Waals surface area contributed by atoms with Crippen molar-refractivity contribution in [2.75, 3.05) is 0 Å². The third-order valence-corrected chi connectivity index (χ3v) is 11.0. The predicted molar refractivity (Wildman–Crippen MR) is 222 cm³/mol. The van der Waals surface area contributed by atoms with E-state index in [4.69, 9.17) is 8.83 Å². The smallest absolute Gasteiger partial charge is 0.143 e. The highest BCUT2D eigenvalue weighted by atomic mass is 16.3. The highest BCUT2D eigenvalue weighted by Gasteiger charge is 2.19. The Hall–Kier alpha value is -6.84. The van der Waals surface area contributed by atoms with Crippen molar-refractivity contribution in [3.05, 3.63) is 169 Å². The maximum Gasteiger partial charge on any atom is 0.143 e. The Morgan fingerprint density at radius 2 is 0.642 bits per heavy atom. The molecule has 0 unspecified atom stereocenters. The topological polar surface area (TPSA) is 42.1 Å². The van der Waals surface area contributed by atoms with Crippen LogP contribution in [-0.4, -0.2) is 4.98 Å². The summed E-state index contributed by atoms with van der Waals surface area (Å²) in [6.07, 6.45) is 0. The SMILES string of the molecule is Cc1ccc(-c2cccc3c2oc2c(-c4ccc5[nH]c6ccc(-c7cccc8c7oc7c(-c9ccc(C)cc9)cccc78)cc6c5c4)cccc23)cc1. The second kappa shape index (κ2) is 11.3. The molecule has 3 aromatic heterocycles. The van der Waals surface area contributed by atoms with Gasteiger partial charge in [0.2, 0.25) is 0 Å². The average molecular weight is 680 g/mol. The molecule has 0 bridgehead atoms. The molecular weight excluding hydrogens is 647 g/mol. The van der Waals surface area contributed by atoms with Gasteiger partial charge < -0.3 is 13.8 Å². The largest absolute Gasteiger partial charge is 0.455 e. The molecule has 0 spiro atoms. The van der Waals surface area contributed by atoms with Crippen molar-refractivity contribution in [3.8, 4) is 44.5 Å². The Kier molecular flexibility index (Phi) is 6.38. The molecule has 0 saturated heterocycles. The predicted octanol–water partition coefficient (Wildman–Crippen LogP) is 14.4. The number of aromatic nitrogens is 1. The lowest BCUT2D eigenvalue weighted by molar-refractivity contribution is 0.670. The Balaban J connectivity index is 1.06. The zero-order chi connectivity index (χ0) is 35.2. The van der Waals surface area contributed by atoms with Gasteiger partial charge in [0.15, 0.2) is 0 Å². The van der Waals surface area contributed by atoms with E-state index in [1.807, 2.05) is 0 Å². The maximum absolute atomic E-state index is 6.80. The number of benzene rings is 8. The number of para-hydroxylation sites is 4. The number of nitrogens with one attached hydrogen (secondary N) is 1. The Bertz CT molecular complexity index is 3010. The van der Waals surface area contributed by atoms with Crippen molar-refractivity contribution in [1.29, 1.82) is 0 Å². The van der Waals surface area contributed by atoms with Gasteiger partial charge in [-0.3, -0.25) is 0 Å². The van der Waals surface area contributed by atoms with E-state index in [1.165, 1.54) is 21.9 Å². The first-order valence-corrected chi connectivity index (χ1v) is 18.2. The summed E-state index contributed by atoms with van der Waals surface area (Å²) in [6, 6.07) is 56.6. The lowest BCUT2D eigenvalue weighted by atomic mass is 9.97. The number of aromatic amines is 1. The first kappa shape index (κ1) is 29.8. The molecule has 250 valence electrons. The van der Waals surface area contributed by atoms with Crippen molar-refractivity contribution in [3.63, 3.8) is 0 Å². The van der Waals surface area contributed by atoms with Crippen LogP contribution >= 0.6 is 0 Å². The molecular formula is C50H33NO2. The highest BCUT2D eigenvalue weighted by Crippen LogP contribution is 2.43. The summed E-state index contributed by atoms with van der Waals surface area (Å²) in [5, 5.41) is 6.85. The van der Waals surface area contributed by atoms with E-state index in [1.54, 1.807) is 0 Å². The highest BCUT2D eigenvalue weighted by molar-refractivity contribution is 6.16.